The van der Waals surface area contributed by atoms with Crippen LogP contribution in [0.4, 0.5) is 0 Å². The van der Waals surface area contributed by atoms with E-state index in [0.717, 1.165) is 5.30 Å². The van der Waals surface area contributed by atoms with E-state index in [2.05, 4.69) is 0 Å². The Labute approximate surface area is 104 Å². The fourth-order valence-corrected chi connectivity index (χ4v) is 4.98. The fraction of sp³-hybridized carbons (Fsp3) is 0.571. The van der Waals surface area contributed by atoms with Crippen LogP contribution in [-0.2, 0) is 4.57 Å². The Morgan fingerprint density at radius 1 is 1.24 bits per heavy atom. The first-order valence-corrected chi connectivity index (χ1v) is 7.99. The van der Waals surface area contributed by atoms with Crippen LogP contribution in [0.3, 0.4) is 0 Å². The number of aliphatic hydroxyl groups is 1. The van der Waals surface area contributed by atoms with Gasteiger partial charge in [-0.15, -0.1) is 0 Å². The number of rotatable bonds is 4. The first-order valence-electron chi connectivity index (χ1n) is 6.10. The number of aliphatic hydroxyl groups excluding tert-OH is 1. The van der Waals surface area contributed by atoms with Crippen LogP contribution in [0.5, 0.6) is 0 Å². The highest BCUT2D eigenvalue weighted by atomic mass is 31.2. The van der Waals surface area contributed by atoms with E-state index in [-0.39, 0.29) is 5.16 Å². The lowest BCUT2D eigenvalue weighted by Crippen LogP contribution is -2.26. The molecule has 0 saturated heterocycles. The van der Waals surface area contributed by atoms with Crippen molar-refractivity contribution in [3.8, 4) is 0 Å². The van der Waals surface area contributed by atoms with E-state index in [1.807, 2.05) is 51.1 Å². The van der Waals surface area contributed by atoms with Crippen LogP contribution in [0.15, 0.2) is 30.3 Å². The molecule has 0 radical (unpaired) electrons. The summed E-state index contributed by atoms with van der Waals surface area (Å²) in [6.45, 7) is 7.80. The zero-order chi connectivity index (χ0) is 13.1. The third kappa shape index (κ3) is 3.43. The maximum absolute atomic E-state index is 13.2. The van der Waals surface area contributed by atoms with E-state index < -0.39 is 13.2 Å². The third-order valence-corrected chi connectivity index (χ3v) is 7.31. The maximum atomic E-state index is 13.2. The normalized spacial score (nSPS) is 17.5. The molecular formula is C14H23O2P. The first-order chi connectivity index (χ1) is 7.77. The molecule has 0 amide bonds. The second-order valence-electron chi connectivity index (χ2n) is 5.61. The summed E-state index contributed by atoms with van der Waals surface area (Å²) in [5, 5.41) is 10.1. The van der Waals surface area contributed by atoms with E-state index in [4.69, 9.17) is 0 Å². The minimum Gasteiger partial charge on any atom is -0.393 e. The van der Waals surface area contributed by atoms with E-state index in [1.54, 1.807) is 6.92 Å². The maximum Gasteiger partial charge on any atom is 0.120 e. The van der Waals surface area contributed by atoms with Crippen molar-refractivity contribution < 1.29 is 9.67 Å². The van der Waals surface area contributed by atoms with Crippen molar-refractivity contribution in [1.82, 2.24) is 0 Å². The minimum absolute atomic E-state index is 0.261. The average Bonchev–Trinajstić information content (AvgIpc) is 2.25. The Kier molecular flexibility index (Phi) is 4.57. The van der Waals surface area contributed by atoms with E-state index >= 15 is 0 Å². The van der Waals surface area contributed by atoms with Crippen molar-refractivity contribution in [2.45, 2.75) is 45.4 Å². The zero-order valence-electron chi connectivity index (χ0n) is 11.2. The smallest absolute Gasteiger partial charge is 0.120 e. The van der Waals surface area contributed by atoms with Crippen molar-refractivity contribution >= 4 is 12.4 Å². The second kappa shape index (κ2) is 5.37. The molecule has 0 heterocycles. The molecule has 17 heavy (non-hydrogen) atoms. The van der Waals surface area contributed by atoms with Gasteiger partial charge >= 0.3 is 0 Å². The Morgan fingerprint density at radius 2 is 1.76 bits per heavy atom. The third-order valence-electron chi connectivity index (χ3n) is 3.12. The minimum atomic E-state index is -2.47. The van der Waals surface area contributed by atoms with Crippen LogP contribution >= 0.6 is 7.14 Å². The fourth-order valence-electron chi connectivity index (χ4n) is 1.89. The van der Waals surface area contributed by atoms with Crippen molar-refractivity contribution in [2.24, 2.45) is 0 Å². The molecule has 0 aliphatic carbocycles. The standard InChI is InChI=1S/C14H23O2P/c1-12(15)10-11-17(16,14(2,3)4)13-8-6-5-7-9-13/h5-9,12,15H,10-11H2,1-4H3/t12-,17?/m0/s1. The summed E-state index contributed by atoms with van der Waals surface area (Å²) in [5.41, 5.74) is 0. The van der Waals surface area contributed by atoms with Gasteiger partial charge in [0, 0.05) is 16.6 Å². The van der Waals surface area contributed by atoms with Crippen molar-refractivity contribution in [2.75, 3.05) is 6.16 Å². The summed E-state index contributed by atoms with van der Waals surface area (Å²) in [7, 11) is -2.47. The molecule has 1 N–H and O–H groups in total. The molecular weight excluding hydrogens is 231 g/mol. The molecule has 1 aromatic carbocycles. The highest BCUT2D eigenvalue weighted by Crippen LogP contribution is 2.57. The lowest BCUT2D eigenvalue weighted by molar-refractivity contribution is 0.191. The summed E-state index contributed by atoms with van der Waals surface area (Å²) >= 11 is 0. The highest BCUT2D eigenvalue weighted by Gasteiger charge is 2.37. The van der Waals surface area contributed by atoms with Crippen molar-refractivity contribution in [3.63, 3.8) is 0 Å². The van der Waals surface area contributed by atoms with E-state index in [9.17, 15) is 9.67 Å². The van der Waals surface area contributed by atoms with Crippen molar-refractivity contribution in [1.29, 1.82) is 0 Å². The van der Waals surface area contributed by atoms with E-state index in [0.29, 0.717) is 12.6 Å². The SMILES string of the molecule is C[C@H](O)CCP(=O)(c1ccccc1)C(C)(C)C. The summed E-state index contributed by atoms with van der Waals surface area (Å²) < 4.78 is 13.2. The first kappa shape index (κ1) is 14.5. The van der Waals surface area contributed by atoms with Gasteiger partial charge in [0.15, 0.2) is 0 Å². The molecule has 1 unspecified atom stereocenters. The number of hydrogen-bond donors (Lipinski definition) is 1. The van der Waals surface area contributed by atoms with E-state index in [1.165, 1.54) is 0 Å². The average molecular weight is 254 g/mol. The Morgan fingerprint density at radius 3 is 2.18 bits per heavy atom. The van der Waals surface area contributed by atoms with Gasteiger partial charge in [0.1, 0.15) is 7.14 Å². The van der Waals surface area contributed by atoms with Gasteiger partial charge in [-0.05, 0) is 13.3 Å². The Bertz CT molecular complexity index is 390. The molecule has 2 nitrogen and oxygen atoms in total. The van der Waals surface area contributed by atoms with Crippen LogP contribution in [-0.4, -0.2) is 22.5 Å². The monoisotopic (exact) mass is 254 g/mol. The van der Waals surface area contributed by atoms with Gasteiger partial charge in [-0.3, -0.25) is 0 Å². The van der Waals surface area contributed by atoms with Crippen LogP contribution in [0.25, 0.3) is 0 Å². The summed E-state index contributed by atoms with van der Waals surface area (Å²) in [4.78, 5) is 0. The highest BCUT2D eigenvalue weighted by molar-refractivity contribution is 7.73. The molecule has 2 atom stereocenters. The summed E-state index contributed by atoms with van der Waals surface area (Å²) in [5.74, 6) is 0. The van der Waals surface area contributed by atoms with Crippen LogP contribution in [0.1, 0.15) is 34.1 Å². The second-order valence-corrected chi connectivity index (χ2v) is 9.39. The lowest BCUT2D eigenvalue weighted by atomic mass is 10.2. The van der Waals surface area contributed by atoms with Crippen LogP contribution in [0.2, 0.25) is 0 Å². The van der Waals surface area contributed by atoms with Gasteiger partial charge in [0.25, 0.3) is 0 Å². The molecule has 0 aromatic heterocycles. The van der Waals surface area contributed by atoms with Gasteiger partial charge in [-0.25, -0.2) is 0 Å². The van der Waals surface area contributed by atoms with Gasteiger partial charge in [-0.1, -0.05) is 51.1 Å². The van der Waals surface area contributed by atoms with Gasteiger partial charge in [0.2, 0.25) is 0 Å². The summed E-state index contributed by atoms with van der Waals surface area (Å²) in [6, 6.07) is 9.67. The Hall–Kier alpha value is -0.590. The Balaban J connectivity index is 3.08. The molecule has 1 rings (SSSR count). The van der Waals surface area contributed by atoms with Crippen LogP contribution < -0.4 is 5.30 Å². The molecule has 0 spiro atoms. The molecule has 96 valence electrons. The molecule has 0 fully saturated rings. The predicted molar refractivity (Wildman–Crippen MR) is 74.6 cm³/mol. The number of benzene rings is 1. The molecule has 0 saturated carbocycles. The molecule has 0 bridgehead atoms. The molecule has 1 aromatic rings. The van der Waals surface area contributed by atoms with Gasteiger partial charge in [-0.2, -0.15) is 0 Å². The number of hydrogen-bond acceptors (Lipinski definition) is 2. The zero-order valence-corrected chi connectivity index (χ0v) is 12.1. The quantitative estimate of drug-likeness (QED) is 0.837. The van der Waals surface area contributed by atoms with Gasteiger partial charge in [0.05, 0.1) is 6.10 Å². The summed E-state index contributed by atoms with van der Waals surface area (Å²) in [6.07, 6.45) is 0.760. The predicted octanol–water partition coefficient (Wildman–Crippen LogP) is 3.24. The topological polar surface area (TPSA) is 37.3 Å². The van der Waals surface area contributed by atoms with Gasteiger partial charge < -0.3 is 9.67 Å². The molecule has 3 heteroatoms. The van der Waals surface area contributed by atoms with Crippen LogP contribution in [0, 0.1) is 0 Å². The van der Waals surface area contributed by atoms with Crippen molar-refractivity contribution in [3.05, 3.63) is 30.3 Å². The molecule has 0 aliphatic heterocycles. The largest absolute Gasteiger partial charge is 0.393 e. The lowest BCUT2D eigenvalue weighted by Gasteiger charge is -2.32. The molecule has 0 aliphatic rings.